The maximum atomic E-state index is 12.8. The van der Waals surface area contributed by atoms with E-state index in [1.54, 1.807) is 0 Å². The Morgan fingerprint density at radius 2 is 1.90 bits per heavy atom. The highest BCUT2D eigenvalue weighted by Gasteiger charge is 2.30. The zero-order valence-corrected chi connectivity index (χ0v) is 16.8. The summed E-state index contributed by atoms with van der Waals surface area (Å²) in [6.45, 7) is 5.83. The SMILES string of the molecule is CC(C)c1nc2c(c(=O)[nH]1)CN(Cc1cccn1-c1ccc(C(F)(F)F)cc1)CC2. The Bertz CT molecular complexity index is 1100. The van der Waals surface area contributed by atoms with Crippen LogP contribution in [0.2, 0.25) is 0 Å². The molecule has 0 saturated carbocycles. The van der Waals surface area contributed by atoms with Crippen molar-refractivity contribution in [1.82, 2.24) is 19.4 Å². The van der Waals surface area contributed by atoms with Gasteiger partial charge >= 0.3 is 6.18 Å². The predicted octanol–water partition coefficient (Wildman–Crippen LogP) is 4.26. The Kier molecular flexibility index (Phi) is 5.27. The van der Waals surface area contributed by atoms with Crippen LogP contribution in [0.4, 0.5) is 13.2 Å². The van der Waals surface area contributed by atoms with E-state index in [4.69, 9.17) is 0 Å². The third-order valence-corrected chi connectivity index (χ3v) is 5.40. The van der Waals surface area contributed by atoms with Gasteiger partial charge < -0.3 is 9.55 Å². The first-order chi connectivity index (χ1) is 14.2. The highest BCUT2D eigenvalue weighted by molar-refractivity contribution is 5.38. The standard InChI is InChI=1S/C22H23F3N4O/c1-14(2)20-26-19-9-11-28(13-18(19)21(30)27-20)12-17-4-3-10-29(17)16-7-5-15(6-8-16)22(23,24)25/h3-8,10,14H,9,11-13H2,1-2H3,(H,26,27,30). The van der Waals surface area contributed by atoms with Crippen molar-refractivity contribution in [3.05, 3.63) is 81.3 Å². The van der Waals surface area contributed by atoms with Gasteiger partial charge in [0.2, 0.25) is 0 Å². The minimum Gasteiger partial charge on any atom is -0.320 e. The van der Waals surface area contributed by atoms with Crippen LogP contribution in [-0.2, 0) is 25.7 Å². The number of rotatable bonds is 4. The van der Waals surface area contributed by atoms with Gasteiger partial charge in [-0.2, -0.15) is 13.2 Å². The second-order valence-corrected chi connectivity index (χ2v) is 7.91. The molecule has 0 radical (unpaired) electrons. The fourth-order valence-electron chi connectivity index (χ4n) is 3.75. The van der Waals surface area contributed by atoms with E-state index in [2.05, 4.69) is 14.9 Å². The Morgan fingerprint density at radius 1 is 1.17 bits per heavy atom. The number of nitrogens with one attached hydrogen (secondary N) is 1. The molecule has 2 aromatic heterocycles. The Hall–Kier alpha value is -2.87. The summed E-state index contributed by atoms with van der Waals surface area (Å²) in [5.41, 5.74) is 2.41. The molecule has 0 aliphatic carbocycles. The van der Waals surface area contributed by atoms with Crippen LogP contribution in [0.3, 0.4) is 0 Å². The van der Waals surface area contributed by atoms with Crippen molar-refractivity contribution in [1.29, 1.82) is 0 Å². The fourth-order valence-corrected chi connectivity index (χ4v) is 3.75. The number of benzene rings is 1. The quantitative estimate of drug-likeness (QED) is 0.692. The zero-order valence-electron chi connectivity index (χ0n) is 16.8. The fraction of sp³-hybridized carbons (Fsp3) is 0.364. The van der Waals surface area contributed by atoms with Gasteiger partial charge in [0.25, 0.3) is 5.56 Å². The number of nitrogens with zero attached hydrogens (tertiary/aromatic N) is 3. The van der Waals surface area contributed by atoms with Gasteiger partial charge in [-0.3, -0.25) is 9.69 Å². The first-order valence-electron chi connectivity index (χ1n) is 9.90. The molecule has 0 amide bonds. The largest absolute Gasteiger partial charge is 0.416 e. The second-order valence-electron chi connectivity index (χ2n) is 7.91. The molecule has 4 rings (SSSR count). The van der Waals surface area contributed by atoms with E-state index in [0.717, 1.165) is 30.1 Å². The van der Waals surface area contributed by atoms with Gasteiger partial charge in [-0.05, 0) is 36.4 Å². The molecule has 3 aromatic rings. The second kappa shape index (κ2) is 7.75. The third kappa shape index (κ3) is 4.05. The summed E-state index contributed by atoms with van der Waals surface area (Å²) >= 11 is 0. The van der Waals surface area contributed by atoms with Crippen LogP contribution in [0.25, 0.3) is 5.69 Å². The van der Waals surface area contributed by atoms with Gasteiger partial charge in [0.05, 0.1) is 16.8 Å². The van der Waals surface area contributed by atoms with Gasteiger partial charge in [-0.25, -0.2) is 4.98 Å². The number of halogens is 3. The number of H-pyrrole nitrogens is 1. The normalized spacial score (nSPS) is 14.9. The molecule has 0 fully saturated rings. The lowest BCUT2D eigenvalue weighted by molar-refractivity contribution is -0.137. The first-order valence-corrected chi connectivity index (χ1v) is 9.90. The Balaban J connectivity index is 1.54. The summed E-state index contributed by atoms with van der Waals surface area (Å²) in [5, 5.41) is 0. The molecule has 1 N–H and O–H groups in total. The van der Waals surface area contributed by atoms with Gasteiger partial charge in [0.15, 0.2) is 0 Å². The van der Waals surface area contributed by atoms with Crippen molar-refractivity contribution in [2.24, 2.45) is 0 Å². The maximum absolute atomic E-state index is 12.8. The Labute approximate surface area is 172 Å². The molecule has 0 spiro atoms. The van der Waals surface area contributed by atoms with Gasteiger partial charge in [-0.15, -0.1) is 0 Å². The molecule has 1 aliphatic rings. The first kappa shape index (κ1) is 20.4. The number of fused-ring (bicyclic) bond motifs is 1. The molecule has 8 heteroatoms. The molecule has 0 bridgehead atoms. The number of aromatic nitrogens is 3. The smallest absolute Gasteiger partial charge is 0.320 e. The summed E-state index contributed by atoms with van der Waals surface area (Å²) < 4.78 is 40.4. The lowest BCUT2D eigenvalue weighted by Gasteiger charge is -2.28. The molecule has 5 nitrogen and oxygen atoms in total. The van der Waals surface area contributed by atoms with Crippen LogP contribution in [-0.4, -0.2) is 26.0 Å². The van der Waals surface area contributed by atoms with Crippen molar-refractivity contribution in [3.8, 4) is 5.69 Å². The van der Waals surface area contributed by atoms with Crippen molar-refractivity contribution in [2.45, 2.75) is 45.5 Å². The third-order valence-electron chi connectivity index (χ3n) is 5.40. The number of hydrogen-bond acceptors (Lipinski definition) is 3. The van der Waals surface area contributed by atoms with Crippen LogP contribution in [0.5, 0.6) is 0 Å². The number of aromatic amines is 1. The summed E-state index contributed by atoms with van der Waals surface area (Å²) in [7, 11) is 0. The molecule has 3 heterocycles. The van der Waals surface area contributed by atoms with Crippen LogP contribution in [0.1, 0.15) is 48.1 Å². The van der Waals surface area contributed by atoms with Crippen LogP contribution >= 0.6 is 0 Å². The number of hydrogen-bond donors (Lipinski definition) is 1. The van der Waals surface area contributed by atoms with Gasteiger partial charge in [0, 0.05) is 49.6 Å². The summed E-state index contributed by atoms with van der Waals surface area (Å²) in [6.07, 6.45) is -1.82. The van der Waals surface area contributed by atoms with E-state index >= 15 is 0 Å². The summed E-state index contributed by atoms with van der Waals surface area (Å²) in [6, 6.07) is 8.94. The summed E-state index contributed by atoms with van der Waals surface area (Å²) in [5.74, 6) is 0.872. The van der Waals surface area contributed by atoms with Crippen LogP contribution in [0, 0.1) is 0 Å². The average molecular weight is 416 g/mol. The lowest BCUT2D eigenvalue weighted by Crippen LogP contribution is -2.36. The molecule has 1 aliphatic heterocycles. The molecule has 30 heavy (non-hydrogen) atoms. The van der Waals surface area contributed by atoms with E-state index in [0.29, 0.717) is 36.6 Å². The molecule has 0 atom stereocenters. The minimum atomic E-state index is -4.35. The van der Waals surface area contributed by atoms with Crippen molar-refractivity contribution in [3.63, 3.8) is 0 Å². The molecule has 158 valence electrons. The van der Waals surface area contributed by atoms with E-state index in [1.807, 2.05) is 36.7 Å². The Morgan fingerprint density at radius 3 is 2.57 bits per heavy atom. The maximum Gasteiger partial charge on any atom is 0.416 e. The average Bonchev–Trinajstić information content (AvgIpc) is 3.15. The van der Waals surface area contributed by atoms with Gasteiger partial charge in [0.1, 0.15) is 5.82 Å². The van der Waals surface area contributed by atoms with Crippen molar-refractivity contribution < 1.29 is 13.2 Å². The summed E-state index contributed by atoms with van der Waals surface area (Å²) in [4.78, 5) is 22.2. The molecule has 0 unspecified atom stereocenters. The minimum absolute atomic E-state index is 0.0912. The zero-order chi connectivity index (χ0) is 21.5. The van der Waals surface area contributed by atoms with Crippen LogP contribution in [0.15, 0.2) is 47.4 Å². The van der Waals surface area contributed by atoms with Crippen LogP contribution < -0.4 is 5.56 Å². The van der Waals surface area contributed by atoms with Crippen molar-refractivity contribution >= 4 is 0 Å². The van der Waals surface area contributed by atoms with E-state index in [-0.39, 0.29) is 11.5 Å². The van der Waals surface area contributed by atoms with E-state index < -0.39 is 11.7 Å². The number of alkyl halides is 3. The van der Waals surface area contributed by atoms with Gasteiger partial charge in [-0.1, -0.05) is 13.8 Å². The topological polar surface area (TPSA) is 53.9 Å². The predicted molar refractivity (Wildman–Crippen MR) is 108 cm³/mol. The molecule has 1 aromatic carbocycles. The molecule has 0 saturated heterocycles. The molecular weight excluding hydrogens is 393 g/mol. The lowest BCUT2D eigenvalue weighted by atomic mass is 10.1. The molecular formula is C22H23F3N4O. The highest BCUT2D eigenvalue weighted by Crippen LogP contribution is 2.30. The monoisotopic (exact) mass is 416 g/mol. The van der Waals surface area contributed by atoms with Crippen molar-refractivity contribution in [2.75, 3.05) is 6.54 Å². The van der Waals surface area contributed by atoms with E-state index in [1.165, 1.54) is 12.1 Å². The highest BCUT2D eigenvalue weighted by atomic mass is 19.4. The van der Waals surface area contributed by atoms with E-state index in [9.17, 15) is 18.0 Å².